The molecule has 0 aliphatic heterocycles. The van der Waals surface area contributed by atoms with E-state index in [1.54, 1.807) is 0 Å². The van der Waals surface area contributed by atoms with Crippen molar-refractivity contribution < 1.29 is 22.6 Å². The molecule has 0 bridgehead atoms. The summed E-state index contributed by atoms with van der Waals surface area (Å²) in [7, 11) is 0. The molecule has 0 N–H and O–H groups in total. The molecule has 16 heavy (non-hydrogen) atoms. The highest BCUT2D eigenvalue weighted by atomic mass is 79.9. The highest BCUT2D eigenvalue weighted by Crippen LogP contribution is 2.33. The largest absolute Gasteiger partial charge is 0.573 e. The van der Waals surface area contributed by atoms with Gasteiger partial charge in [-0.1, -0.05) is 12.7 Å². The van der Waals surface area contributed by atoms with Crippen molar-refractivity contribution in [2.75, 3.05) is 6.61 Å². The second-order valence-electron chi connectivity index (χ2n) is 2.74. The molecule has 0 aliphatic carbocycles. The van der Waals surface area contributed by atoms with Crippen LogP contribution in [0.2, 0.25) is 0 Å². The third-order valence-corrected chi connectivity index (χ3v) is 2.12. The fourth-order valence-electron chi connectivity index (χ4n) is 0.934. The van der Waals surface area contributed by atoms with Crippen LogP contribution in [-0.4, -0.2) is 13.0 Å². The van der Waals surface area contributed by atoms with E-state index in [4.69, 9.17) is 4.74 Å². The maximum Gasteiger partial charge on any atom is 0.573 e. The van der Waals surface area contributed by atoms with Gasteiger partial charge < -0.3 is 9.47 Å². The van der Waals surface area contributed by atoms with Crippen molar-refractivity contribution in [2.45, 2.75) is 6.36 Å². The Balaban J connectivity index is 2.79. The molecule has 0 fully saturated rings. The van der Waals surface area contributed by atoms with Crippen molar-refractivity contribution in [1.29, 1.82) is 0 Å². The lowest BCUT2D eigenvalue weighted by Gasteiger charge is -2.11. The standard InChI is InChI=1S/C10H8BrF3O2/c1-2-5-15-7-3-4-9(8(11)6-7)16-10(12,13)14/h2-4,6H,1,5H2. The molecule has 0 heterocycles. The molecule has 0 unspecified atom stereocenters. The molecule has 1 rings (SSSR count). The lowest BCUT2D eigenvalue weighted by molar-refractivity contribution is -0.274. The Morgan fingerprint density at radius 1 is 1.38 bits per heavy atom. The SMILES string of the molecule is C=CCOc1ccc(OC(F)(F)F)c(Br)c1. The maximum atomic E-state index is 11.9. The number of benzene rings is 1. The van der Waals surface area contributed by atoms with E-state index in [1.807, 2.05) is 0 Å². The zero-order valence-corrected chi connectivity index (χ0v) is 9.64. The summed E-state index contributed by atoms with van der Waals surface area (Å²) in [4.78, 5) is 0. The predicted octanol–water partition coefficient (Wildman–Crippen LogP) is 3.91. The van der Waals surface area contributed by atoms with Gasteiger partial charge in [0.2, 0.25) is 0 Å². The number of hydrogen-bond donors (Lipinski definition) is 0. The van der Waals surface area contributed by atoms with Gasteiger partial charge in [0.05, 0.1) is 4.47 Å². The van der Waals surface area contributed by atoms with Crippen LogP contribution in [0.5, 0.6) is 11.5 Å². The summed E-state index contributed by atoms with van der Waals surface area (Å²) in [5.74, 6) is 0.125. The number of halogens is 4. The van der Waals surface area contributed by atoms with Crippen molar-refractivity contribution in [2.24, 2.45) is 0 Å². The lowest BCUT2D eigenvalue weighted by Crippen LogP contribution is -2.17. The first-order chi connectivity index (χ1) is 7.42. The minimum absolute atomic E-state index is 0.173. The minimum atomic E-state index is -4.70. The molecule has 0 spiro atoms. The number of alkyl halides is 3. The van der Waals surface area contributed by atoms with E-state index in [2.05, 4.69) is 27.2 Å². The summed E-state index contributed by atoms with van der Waals surface area (Å²) in [5.41, 5.74) is 0. The van der Waals surface area contributed by atoms with Gasteiger partial charge in [-0.15, -0.1) is 13.2 Å². The van der Waals surface area contributed by atoms with Crippen LogP contribution in [0.3, 0.4) is 0 Å². The first-order valence-electron chi connectivity index (χ1n) is 4.21. The molecular formula is C10H8BrF3O2. The molecule has 6 heteroatoms. The van der Waals surface area contributed by atoms with Crippen LogP contribution in [0, 0.1) is 0 Å². The average molecular weight is 297 g/mol. The van der Waals surface area contributed by atoms with Crippen LogP contribution in [0.1, 0.15) is 0 Å². The van der Waals surface area contributed by atoms with Gasteiger partial charge in [0.15, 0.2) is 0 Å². The van der Waals surface area contributed by atoms with Gasteiger partial charge in [-0.3, -0.25) is 0 Å². The molecule has 0 aromatic heterocycles. The number of ether oxygens (including phenoxy) is 2. The molecular weight excluding hydrogens is 289 g/mol. The third-order valence-electron chi connectivity index (χ3n) is 1.50. The molecule has 0 amide bonds. The van der Waals surface area contributed by atoms with Gasteiger partial charge in [-0.25, -0.2) is 0 Å². The molecule has 0 radical (unpaired) electrons. The highest BCUT2D eigenvalue weighted by molar-refractivity contribution is 9.10. The van der Waals surface area contributed by atoms with Crippen molar-refractivity contribution in [3.8, 4) is 11.5 Å². The summed E-state index contributed by atoms with van der Waals surface area (Å²) in [6, 6.07) is 3.95. The van der Waals surface area contributed by atoms with Crippen molar-refractivity contribution in [3.63, 3.8) is 0 Å². The van der Waals surface area contributed by atoms with Crippen LogP contribution in [0.15, 0.2) is 35.3 Å². The fourth-order valence-corrected chi connectivity index (χ4v) is 1.37. The van der Waals surface area contributed by atoms with Crippen LogP contribution >= 0.6 is 15.9 Å². The van der Waals surface area contributed by atoms with Crippen LogP contribution in [-0.2, 0) is 0 Å². The van der Waals surface area contributed by atoms with Gasteiger partial charge >= 0.3 is 6.36 Å². The third kappa shape index (κ3) is 4.14. The first-order valence-corrected chi connectivity index (χ1v) is 5.00. The van der Waals surface area contributed by atoms with Gasteiger partial charge in [0.1, 0.15) is 18.1 Å². The molecule has 0 saturated carbocycles. The fraction of sp³-hybridized carbons (Fsp3) is 0.200. The smallest absolute Gasteiger partial charge is 0.490 e. The van der Waals surface area contributed by atoms with Gasteiger partial charge in [0.25, 0.3) is 0 Å². The van der Waals surface area contributed by atoms with Crippen molar-refractivity contribution in [1.82, 2.24) is 0 Å². The van der Waals surface area contributed by atoms with E-state index in [9.17, 15) is 13.2 Å². The Morgan fingerprint density at radius 2 is 2.06 bits per heavy atom. The van der Waals surface area contributed by atoms with Crippen molar-refractivity contribution in [3.05, 3.63) is 35.3 Å². The Kier molecular flexibility index (Phi) is 4.23. The maximum absolute atomic E-state index is 11.9. The molecule has 0 atom stereocenters. The molecule has 1 aromatic rings. The summed E-state index contributed by atoms with van der Waals surface area (Å²) >= 11 is 2.96. The Bertz CT molecular complexity index is 377. The average Bonchev–Trinajstić information content (AvgIpc) is 2.17. The second kappa shape index (κ2) is 5.25. The summed E-state index contributed by atoms with van der Waals surface area (Å²) in [6.07, 6.45) is -3.17. The number of hydrogen-bond acceptors (Lipinski definition) is 2. The second-order valence-corrected chi connectivity index (χ2v) is 3.59. The Morgan fingerprint density at radius 3 is 2.56 bits per heavy atom. The van der Waals surface area contributed by atoms with Gasteiger partial charge in [-0.2, -0.15) is 0 Å². The zero-order chi connectivity index (χ0) is 12.2. The molecule has 88 valence electrons. The molecule has 0 saturated heterocycles. The molecule has 1 aromatic carbocycles. The first kappa shape index (κ1) is 12.9. The summed E-state index contributed by atoms with van der Waals surface area (Å²) < 4.78 is 44.9. The summed E-state index contributed by atoms with van der Waals surface area (Å²) in [5, 5.41) is 0. The van der Waals surface area contributed by atoms with Crippen LogP contribution in [0.25, 0.3) is 0 Å². The Labute approximate surface area is 98.8 Å². The van der Waals surface area contributed by atoms with E-state index in [0.29, 0.717) is 5.75 Å². The van der Waals surface area contributed by atoms with E-state index in [0.717, 1.165) is 0 Å². The predicted molar refractivity (Wildman–Crippen MR) is 56.5 cm³/mol. The van der Waals surface area contributed by atoms with E-state index in [-0.39, 0.29) is 16.8 Å². The monoisotopic (exact) mass is 296 g/mol. The number of rotatable bonds is 4. The van der Waals surface area contributed by atoms with Gasteiger partial charge in [0, 0.05) is 0 Å². The lowest BCUT2D eigenvalue weighted by atomic mass is 10.3. The van der Waals surface area contributed by atoms with Crippen LogP contribution < -0.4 is 9.47 Å². The Hall–Kier alpha value is -1.17. The quantitative estimate of drug-likeness (QED) is 0.784. The molecule has 0 aliphatic rings. The topological polar surface area (TPSA) is 18.5 Å². The van der Waals surface area contributed by atoms with E-state index in [1.165, 1.54) is 24.3 Å². The van der Waals surface area contributed by atoms with E-state index >= 15 is 0 Å². The van der Waals surface area contributed by atoms with Crippen LogP contribution in [0.4, 0.5) is 13.2 Å². The minimum Gasteiger partial charge on any atom is -0.490 e. The van der Waals surface area contributed by atoms with E-state index < -0.39 is 6.36 Å². The van der Waals surface area contributed by atoms with Gasteiger partial charge in [-0.05, 0) is 34.1 Å². The summed E-state index contributed by atoms with van der Waals surface area (Å²) in [6.45, 7) is 3.74. The van der Waals surface area contributed by atoms with Crippen molar-refractivity contribution >= 4 is 15.9 Å². The normalized spacial score (nSPS) is 11.0. The highest BCUT2D eigenvalue weighted by Gasteiger charge is 2.31. The zero-order valence-electron chi connectivity index (χ0n) is 8.05. The molecule has 2 nitrogen and oxygen atoms in total.